The molecule has 1 saturated heterocycles. The van der Waals surface area contributed by atoms with Gasteiger partial charge in [-0.3, -0.25) is 0 Å². The molecule has 0 unspecified atom stereocenters. The van der Waals surface area contributed by atoms with Gasteiger partial charge in [0.1, 0.15) is 12.2 Å². The van der Waals surface area contributed by atoms with Gasteiger partial charge in [0.15, 0.2) is 11.4 Å². The molecule has 0 aromatic carbocycles. The highest BCUT2D eigenvalue weighted by atomic mass is 17.2. The van der Waals surface area contributed by atoms with Crippen LogP contribution >= 0.6 is 0 Å². The van der Waals surface area contributed by atoms with Crippen LogP contribution in [0.4, 0.5) is 0 Å². The summed E-state index contributed by atoms with van der Waals surface area (Å²) in [6.45, 7) is 0. The highest BCUT2D eigenvalue weighted by Gasteiger charge is 2.43. The minimum Gasteiger partial charge on any atom is -0.464 e. The van der Waals surface area contributed by atoms with Crippen molar-refractivity contribution < 1.29 is 28.8 Å². The van der Waals surface area contributed by atoms with Crippen LogP contribution in [0.3, 0.4) is 0 Å². The zero-order valence-corrected chi connectivity index (χ0v) is 10.9. The molecule has 2 bridgehead atoms. The molecule has 0 saturated carbocycles. The summed E-state index contributed by atoms with van der Waals surface area (Å²) in [6, 6.07) is 0. The number of esters is 2. The second-order valence-electron chi connectivity index (χ2n) is 4.45. The monoisotopic (exact) mass is 280 g/mol. The second-order valence-corrected chi connectivity index (χ2v) is 4.45. The number of nitrogens with zero attached hydrogens (tertiary/aromatic N) is 2. The van der Waals surface area contributed by atoms with Crippen LogP contribution in [-0.4, -0.2) is 36.4 Å². The summed E-state index contributed by atoms with van der Waals surface area (Å²) < 4.78 is 9.37. The van der Waals surface area contributed by atoms with E-state index in [1.165, 1.54) is 14.2 Å². The summed E-state index contributed by atoms with van der Waals surface area (Å²) in [5.74, 6) is -1.25. The van der Waals surface area contributed by atoms with E-state index in [1.807, 2.05) is 0 Å². The van der Waals surface area contributed by atoms with E-state index < -0.39 is 24.1 Å². The predicted octanol–water partition coefficient (Wildman–Crippen LogP) is 0.888. The number of rotatable bonds is 2. The van der Waals surface area contributed by atoms with Gasteiger partial charge in [0.25, 0.3) is 0 Å². The van der Waals surface area contributed by atoms with Crippen LogP contribution in [0.15, 0.2) is 0 Å². The third-order valence-corrected chi connectivity index (χ3v) is 3.43. The maximum atomic E-state index is 11.8. The van der Waals surface area contributed by atoms with Crippen molar-refractivity contribution in [1.29, 1.82) is 0 Å². The fourth-order valence-electron chi connectivity index (χ4n) is 2.53. The van der Waals surface area contributed by atoms with Crippen LogP contribution in [0.1, 0.15) is 57.2 Å². The van der Waals surface area contributed by atoms with Gasteiger partial charge in [0, 0.05) is 11.1 Å². The molecule has 4 rings (SSSR count). The lowest BCUT2D eigenvalue weighted by Gasteiger charge is -2.37. The zero-order chi connectivity index (χ0) is 14.3. The van der Waals surface area contributed by atoms with Crippen molar-refractivity contribution >= 4 is 11.9 Å². The Morgan fingerprint density at radius 2 is 1.35 bits per heavy atom. The Morgan fingerprint density at radius 1 is 0.950 bits per heavy atom. The molecule has 3 heterocycles. The molecule has 0 spiro atoms. The number of hydrogen-bond donors (Lipinski definition) is 0. The van der Waals surface area contributed by atoms with Gasteiger partial charge >= 0.3 is 11.9 Å². The quantitative estimate of drug-likeness (QED) is 0.582. The lowest BCUT2D eigenvalue weighted by atomic mass is 9.84. The van der Waals surface area contributed by atoms with Crippen LogP contribution in [0.25, 0.3) is 0 Å². The summed E-state index contributed by atoms with van der Waals surface area (Å²) in [5, 5.41) is 7.58. The summed E-state index contributed by atoms with van der Waals surface area (Å²) in [5.41, 5.74) is 1.12. The molecule has 3 aliphatic rings. The number of aromatic nitrogens is 2. The lowest BCUT2D eigenvalue weighted by molar-refractivity contribution is -0.391. The molecule has 1 fully saturated rings. The highest BCUT2D eigenvalue weighted by Crippen LogP contribution is 2.47. The fraction of sp³-hybridized carbons (Fsp3) is 0.500. The van der Waals surface area contributed by atoms with Crippen molar-refractivity contribution in [2.45, 2.75) is 25.0 Å². The lowest BCUT2D eigenvalue weighted by Crippen LogP contribution is -2.32. The van der Waals surface area contributed by atoms with E-state index in [4.69, 9.17) is 9.78 Å². The standard InChI is InChI=1S/C12H12N2O6/c1-17-11(15)9-7-5-3-4-6(20-19-5)8(7)10(14-13-9)12(16)18-2/h5-6H,3-4H2,1-2H3/t5-,6+. The molecule has 0 N–H and O–H groups in total. The predicted molar refractivity (Wildman–Crippen MR) is 61.6 cm³/mol. The first-order valence-corrected chi connectivity index (χ1v) is 6.06. The van der Waals surface area contributed by atoms with Crippen LogP contribution in [0.5, 0.6) is 0 Å². The summed E-state index contributed by atoms with van der Waals surface area (Å²) >= 11 is 0. The second kappa shape index (κ2) is 4.80. The largest absolute Gasteiger partial charge is 0.464 e. The van der Waals surface area contributed by atoms with Gasteiger partial charge in [-0.05, 0) is 12.8 Å². The Balaban J connectivity index is 2.22. The van der Waals surface area contributed by atoms with Crippen molar-refractivity contribution in [3.63, 3.8) is 0 Å². The molecular weight excluding hydrogens is 268 g/mol. The summed E-state index contributed by atoms with van der Waals surface area (Å²) in [6.07, 6.45) is 0.438. The van der Waals surface area contributed by atoms with Crippen LogP contribution in [0, 0.1) is 0 Å². The summed E-state index contributed by atoms with van der Waals surface area (Å²) in [7, 11) is 2.51. The van der Waals surface area contributed by atoms with Gasteiger partial charge in [-0.25, -0.2) is 19.4 Å². The number of hydrogen-bond acceptors (Lipinski definition) is 8. The normalized spacial score (nSPS) is 23.1. The Labute approximate surface area is 113 Å². The van der Waals surface area contributed by atoms with Crippen LogP contribution in [0.2, 0.25) is 0 Å². The molecule has 8 nitrogen and oxygen atoms in total. The van der Waals surface area contributed by atoms with E-state index in [9.17, 15) is 9.59 Å². The molecular formula is C12H12N2O6. The third-order valence-electron chi connectivity index (χ3n) is 3.43. The van der Waals surface area contributed by atoms with E-state index in [1.54, 1.807) is 0 Å². The minimum atomic E-state index is -0.624. The van der Waals surface area contributed by atoms with Gasteiger partial charge in [0.05, 0.1) is 14.2 Å². The first-order valence-electron chi connectivity index (χ1n) is 6.06. The molecule has 20 heavy (non-hydrogen) atoms. The average molecular weight is 280 g/mol. The fourth-order valence-corrected chi connectivity index (χ4v) is 2.53. The van der Waals surface area contributed by atoms with Gasteiger partial charge in [-0.1, -0.05) is 0 Å². The van der Waals surface area contributed by atoms with Crippen molar-refractivity contribution in [1.82, 2.24) is 10.2 Å². The number of carbonyl (C=O) groups is 2. The van der Waals surface area contributed by atoms with Gasteiger partial charge < -0.3 is 9.47 Å². The maximum Gasteiger partial charge on any atom is 0.358 e. The first kappa shape index (κ1) is 12.9. The van der Waals surface area contributed by atoms with Crippen molar-refractivity contribution in [2.75, 3.05) is 14.2 Å². The van der Waals surface area contributed by atoms with Gasteiger partial charge in [-0.2, -0.15) is 0 Å². The topological polar surface area (TPSA) is 96.8 Å². The van der Waals surface area contributed by atoms with Crippen molar-refractivity contribution in [2.24, 2.45) is 0 Å². The highest BCUT2D eigenvalue weighted by molar-refractivity contribution is 5.93. The number of ether oxygens (including phenoxy) is 2. The molecule has 2 atom stereocenters. The Morgan fingerprint density at radius 3 is 1.65 bits per heavy atom. The molecule has 1 aromatic heterocycles. The van der Waals surface area contributed by atoms with E-state index in [2.05, 4.69) is 19.7 Å². The smallest absolute Gasteiger partial charge is 0.358 e. The number of fused-ring (bicyclic) bond motifs is 2. The summed E-state index contributed by atoms with van der Waals surface area (Å²) in [4.78, 5) is 33.9. The Bertz CT molecular complexity index is 529. The zero-order valence-electron chi connectivity index (χ0n) is 10.9. The number of carbonyl (C=O) groups excluding carboxylic acids is 2. The maximum absolute atomic E-state index is 11.8. The minimum absolute atomic E-state index is 0.0492. The molecule has 8 heteroatoms. The SMILES string of the molecule is COC(=O)c1nnc(C(=O)OC)c2c1[C@@H]1CC[C@H]2OO1. The Kier molecular flexibility index (Phi) is 3.11. The molecule has 2 aliphatic heterocycles. The van der Waals surface area contributed by atoms with E-state index in [0.717, 1.165) is 0 Å². The molecule has 1 aromatic rings. The van der Waals surface area contributed by atoms with Crippen molar-refractivity contribution in [3.8, 4) is 0 Å². The average Bonchev–Trinajstić information content (AvgIpc) is 2.53. The third kappa shape index (κ3) is 1.76. The molecule has 0 amide bonds. The molecule has 106 valence electrons. The molecule has 1 aliphatic carbocycles. The molecule has 0 radical (unpaired) electrons. The van der Waals surface area contributed by atoms with Gasteiger partial charge in [0.2, 0.25) is 0 Å². The first-order chi connectivity index (χ1) is 9.67. The van der Waals surface area contributed by atoms with Gasteiger partial charge in [-0.15, -0.1) is 10.2 Å². The van der Waals surface area contributed by atoms with Crippen LogP contribution in [-0.2, 0) is 19.2 Å². The van der Waals surface area contributed by atoms with E-state index >= 15 is 0 Å². The van der Waals surface area contributed by atoms with Crippen LogP contribution < -0.4 is 0 Å². The van der Waals surface area contributed by atoms with Crippen molar-refractivity contribution in [3.05, 3.63) is 22.5 Å². The van der Waals surface area contributed by atoms with E-state index in [-0.39, 0.29) is 11.4 Å². The van der Waals surface area contributed by atoms with E-state index in [0.29, 0.717) is 24.0 Å². The Hall–Kier alpha value is -2.06. The number of methoxy groups -OCH3 is 2.